The average Bonchev–Trinajstić information content (AvgIpc) is 3.49. The minimum Gasteiger partial charge on any atom is -0.354 e. The maximum absolute atomic E-state index is 2.36. The Morgan fingerprint density at radius 3 is 1.33 bits per heavy atom. The van der Waals surface area contributed by atoms with E-state index in [1.165, 1.54) is 46.6 Å². The molecule has 5 rings (SSSR count). The molecular weight excluding hydrogens is 506 g/mol. The molecule has 0 N–H and O–H groups in total. The normalized spacial score (nSPS) is 11.5. The van der Waals surface area contributed by atoms with Crippen LogP contribution in [0.4, 0.5) is 0 Å². The molecule has 39 heavy (non-hydrogen) atoms. The number of aromatic nitrogens is 1. The summed E-state index contributed by atoms with van der Waals surface area (Å²) in [6.07, 6.45) is 9.28. The smallest absolute Gasteiger partial charge is 0.0219 e. The summed E-state index contributed by atoms with van der Waals surface area (Å²) in [6, 6.07) is 49.3. The molecule has 5 heteroatoms. The van der Waals surface area contributed by atoms with Crippen LogP contribution in [0.2, 0.25) is 0 Å². The van der Waals surface area contributed by atoms with Gasteiger partial charge in [-0.05, 0) is 73.9 Å². The van der Waals surface area contributed by atoms with E-state index in [-0.39, 0.29) is 16.8 Å². The lowest BCUT2D eigenvalue weighted by Gasteiger charge is -2.32. The molecule has 0 saturated heterocycles. The highest BCUT2D eigenvalue weighted by molar-refractivity contribution is 7.77. The summed E-state index contributed by atoms with van der Waals surface area (Å²) in [6.45, 7) is 1.10. The first kappa shape index (κ1) is 30.7. The van der Waals surface area contributed by atoms with E-state index in [2.05, 4.69) is 150 Å². The maximum Gasteiger partial charge on any atom is 0.0219 e. The largest absolute Gasteiger partial charge is 0.354 e. The van der Waals surface area contributed by atoms with Gasteiger partial charge in [0.15, 0.2) is 0 Å². The number of benzene rings is 4. The van der Waals surface area contributed by atoms with Crippen LogP contribution in [0.3, 0.4) is 0 Å². The van der Waals surface area contributed by atoms with Gasteiger partial charge in [-0.1, -0.05) is 128 Å². The SMILES string of the molecule is [B].[B].c1ccc(P(CC(CCCCn2cccc2)P(c2ccccc2)c2ccccc2)c2ccccc2)cc1. The lowest BCUT2D eigenvalue weighted by Crippen LogP contribution is -2.27. The summed E-state index contributed by atoms with van der Waals surface area (Å²) in [7, 11) is -0.929. The second-order valence-electron chi connectivity index (χ2n) is 9.39. The molecule has 0 spiro atoms. The molecule has 1 heterocycles. The van der Waals surface area contributed by atoms with Gasteiger partial charge in [0.1, 0.15) is 0 Å². The van der Waals surface area contributed by atoms with Crippen LogP contribution in [0.15, 0.2) is 146 Å². The van der Waals surface area contributed by atoms with Crippen molar-refractivity contribution in [2.75, 3.05) is 6.16 Å². The van der Waals surface area contributed by atoms with Crippen molar-refractivity contribution in [1.82, 2.24) is 4.57 Å². The highest BCUT2D eigenvalue weighted by Crippen LogP contribution is 2.48. The Labute approximate surface area is 241 Å². The van der Waals surface area contributed by atoms with Crippen molar-refractivity contribution in [2.45, 2.75) is 31.5 Å². The van der Waals surface area contributed by atoms with Gasteiger partial charge in [-0.25, -0.2) is 0 Å². The molecular formula is C34H35B2NP2. The summed E-state index contributed by atoms with van der Waals surface area (Å²) < 4.78 is 2.31. The molecule has 6 radical (unpaired) electrons. The Morgan fingerprint density at radius 1 is 0.487 bits per heavy atom. The van der Waals surface area contributed by atoms with Crippen LogP contribution in [0.5, 0.6) is 0 Å². The molecule has 192 valence electrons. The lowest BCUT2D eigenvalue weighted by molar-refractivity contribution is 0.588. The van der Waals surface area contributed by atoms with E-state index in [9.17, 15) is 0 Å². The highest BCUT2D eigenvalue weighted by atomic mass is 31.1. The van der Waals surface area contributed by atoms with Gasteiger partial charge >= 0.3 is 0 Å². The Morgan fingerprint density at radius 2 is 0.897 bits per heavy atom. The maximum atomic E-state index is 2.36. The first-order valence-electron chi connectivity index (χ1n) is 13.3. The topological polar surface area (TPSA) is 4.93 Å². The molecule has 0 aliphatic rings. The molecule has 1 nitrogen and oxygen atoms in total. The molecule has 0 fully saturated rings. The van der Waals surface area contributed by atoms with Crippen LogP contribution in [0.1, 0.15) is 19.3 Å². The van der Waals surface area contributed by atoms with Crippen LogP contribution >= 0.6 is 15.8 Å². The van der Waals surface area contributed by atoms with E-state index >= 15 is 0 Å². The fraction of sp³-hybridized carbons (Fsp3) is 0.176. The lowest BCUT2D eigenvalue weighted by atomic mass is 10.2. The first-order valence-corrected chi connectivity index (χ1v) is 16.2. The summed E-state index contributed by atoms with van der Waals surface area (Å²) in [5.41, 5.74) is 0.607. The highest BCUT2D eigenvalue weighted by Gasteiger charge is 2.28. The quantitative estimate of drug-likeness (QED) is 0.0962. The molecule has 4 aromatic carbocycles. The average molecular weight is 541 g/mol. The van der Waals surface area contributed by atoms with Crippen LogP contribution < -0.4 is 21.2 Å². The number of nitrogens with zero attached hydrogens (tertiary/aromatic N) is 1. The van der Waals surface area contributed by atoms with Gasteiger partial charge in [-0.2, -0.15) is 0 Å². The Balaban J connectivity index is 0.00000210. The van der Waals surface area contributed by atoms with E-state index < -0.39 is 15.8 Å². The molecule has 1 atom stereocenters. The number of hydrogen-bond acceptors (Lipinski definition) is 0. The molecule has 0 aliphatic heterocycles. The van der Waals surface area contributed by atoms with Gasteiger partial charge < -0.3 is 4.57 Å². The third-order valence-corrected chi connectivity index (χ3v) is 12.6. The summed E-state index contributed by atoms with van der Waals surface area (Å²) >= 11 is 0. The fourth-order valence-electron chi connectivity index (χ4n) is 5.03. The zero-order valence-electron chi connectivity index (χ0n) is 22.5. The van der Waals surface area contributed by atoms with Gasteiger partial charge in [-0.15, -0.1) is 0 Å². The van der Waals surface area contributed by atoms with E-state index in [4.69, 9.17) is 0 Å². The van der Waals surface area contributed by atoms with Crippen LogP contribution in [0, 0.1) is 0 Å². The summed E-state index contributed by atoms with van der Waals surface area (Å²) in [5, 5.41) is 5.96. The van der Waals surface area contributed by atoms with Crippen LogP contribution in [-0.2, 0) is 6.54 Å². The third-order valence-electron chi connectivity index (χ3n) is 6.83. The second kappa shape index (κ2) is 16.3. The zero-order valence-corrected chi connectivity index (χ0v) is 24.3. The Hall–Kier alpha value is -2.85. The van der Waals surface area contributed by atoms with Gasteiger partial charge in [0, 0.05) is 35.8 Å². The van der Waals surface area contributed by atoms with Crippen molar-refractivity contribution in [3.8, 4) is 0 Å². The van der Waals surface area contributed by atoms with Crippen molar-refractivity contribution in [3.05, 3.63) is 146 Å². The molecule has 0 saturated carbocycles. The molecule has 5 aromatic rings. The Kier molecular flexibility index (Phi) is 12.8. The van der Waals surface area contributed by atoms with Crippen molar-refractivity contribution in [1.29, 1.82) is 0 Å². The van der Waals surface area contributed by atoms with Crippen molar-refractivity contribution >= 4 is 53.9 Å². The van der Waals surface area contributed by atoms with Crippen molar-refractivity contribution < 1.29 is 0 Å². The van der Waals surface area contributed by atoms with Crippen molar-refractivity contribution in [3.63, 3.8) is 0 Å². The van der Waals surface area contributed by atoms with E-state index in [0.717, 1.165) is 6.54 Å². The molecule has 0 aliphatic carbocycles. The van der Waals surface area contributed by atoms with E-state index in [0.29, 0.717) is 5.66 Å². The van der Waals surface area contributed by atoms with Gasteiger partial charge in [0.2, 0.25) is 0 Å². The number of hydrogen-bond donors (Lipinski definition) is 0. The predicted molar refractivity (Wildman–Crippen MR) is 177 cm³/mol. The first-order chi connectivity index (χ1) is 18.4. The van der Waals surface area contributed by atoms with E-state index in [1.54, 1.807) is 0 Å². The molecule has 1 aromatic heterocycles. The number of unbranched alkanes of at least 4 members (excludes halogenated alkanes) is 1. The zero-order chi connectivity index (χ0) is 25.1. The third kappa shape index (κ3) is 8.57. The van der Waals surface area contributed by atoms with Crippen LogP contribution in [0.25, 0.3) is 0 Å². The minimum absolute atomic E-state index is 0. The minimum atomic E-state index is -0.480. The molecule has 1 unspecified atom stereocenters. The number of rotatable bonds is 12. The second-order valence-corrected chi connectivity index (χ2v) is 14.2. The standard InChI is InChI=1S/C34H35NP2.2B/c1-5-17-30(18-6-1)36(31-19-7-2-8-20-31)29-34(25-13-14-26-35-27-15-16-28-35)37(32-21-9-3-10-22-32)33-23-11-4-12-24-33;;/h1-12,15-24,27-28,34H,13-14,25-26,29H2;;. The van der Waals surface area contributed by atoms with E-state index in [1.807, 2.05) is 0 Å². The fourth-order valence-corrected chi connectivity index (χ4v) is 11.1. The molecule has 0 bridgehead atoms. The Bertz CT molecular complexity index is 1220. The van der Waals surface area contributed by atoms with Gasteiger partial charge in [-0.3, -0.25) is 0 Å². The summed E-state index contributed by atoms with van der Waals surface area (Å²) in [5.74, 6) is 0. The number of aryl methyl sites for hydroxylation is 1. The van der Waals surface area contributed by atoms with Crippen LogP contribution in [-0.4, -0.2) is 33.2 Å². The monoisotopic (exact) mass is 541 g/mol. The van der Waals surface area contributed by atoms with Gasteiger partial charge in [0.25, 0.3) is 0 Å². The molecule has 0 amide bonds. The van der Waals surface area contributed by atoms with Crippen molar-refractivity contribution in [2.24, 2.45) is 0 Å². The summed E-state index contributed by atoms with van der Waals surface area (Å²) in [4.78, 5) is 0. The van der Waals surface area contributed by atoms with Gasteiger partial charge in [0.05, 0.1) is 0 Å². The predicted octanol–water partition coefficient (Wildman–Crippen LogP) is 6.53.